The molecule has 0 spiro atoms. The fourth-order valence-electron chi connectivity index (χ4n) is 2.50. The van der Waals surface area contributed by atoms with Crippen LogP contribution in [-0.4, -0.2) is 43.5 Å². The number of likely N-dealkylation sites (N-methyl/N-ethyl adjacent to an activating group) is 1. The third-order valence-corrected chi connectivity index (χ3v) is 3.76. The van der Waals surface area contributed by atoms with E-state index in [1.165, 1.54) is 6.07 Å². The number of primary amides is 1. The molecule has 0 atom stereocenters. The van der Waals surface area contributed by atoms with E-state index in [0.29, 0.717) is 18.8 Å². The molecule has 1 amide bonds. The molecule has 116 valence electrons. The number of amides is 1. The van der Waals surface area contributed by atoms with Gasteiger partial charge < -0.3 is 15.5 Å². The second-order valence-electron chi connectivity index (χ2n) is 5.01. The second kappa shape index (κ2) is 5.93. The highest BCUT2D eigenvalue weighted by atomic mass is 19.4. The number of halogens is 3. The lowest BCUT2D eigenvalue weighted by atomic mass is 10.0. The molecule has 0 radical (unpaired) electrons. The highest BCUT2D eigenvalue weighted by molar-refractivity contribution is 5.95. The number of benzene rings is 1. The molecule has 1 aromatic rings. The Morgan fingerprint density at radius 2 is 1.86 bits per heavy atom. The van der Waals surface area contributed by atoms with Crippen LogP contribution >= 0.6 is 0 Å². The van der Waals surface area contributed by atoms with Crippen LogP contribution in [0.25, 0.3) is 0 Å². The van der Waals surface area contributed by atoms with E-state index in [1.54, 1.807) is 0 Å². The summed E-state index contributed by atoms with van der Waals surface area (Å²) in [5.74, 6) is -1.07. The van der Waals surface area contributed by atoms with Crippen LogP contribution in [0.2, 0.25) is 0 Å². The third kappa shape index (κ3) is 3.47. The van der Waals surface area contributed by atoms with Crippen LogP contribution < -0.4 is 10.6 Å². The lowest BCUT2D eigenvalue weighted by molar-refractivity contribution is -0.137. The number of rotatable bonds is 3. The van der Waals surface area contributed by atoms with Crippen molar-refractivity contribution < 1.29 is 18.0 Å². The summed E-state index contributed by atoms with van der Waals surface area (Å²) in [6.45, 7) is 5.95. The first kappa shape index (κ1) is 15.6. The fourth-order valence-corrected chi connectivity index (χ4v) is 2.50. The third-order valence-electron chi connectivity index (χ3n) is 3.76. The van der Waals surface area contributed by atoms with Gasteiger partial charge in [-0.2, -0.15) is 13.2 Å². The number of nitrogens with zero attached hydrogens (tertiary/aromatic N) is 2. The van der Waals surface area contributed by atoms with E-state index in [1.807, 2.05) is 4.90 Å². The van der Waals surface area contributed by atoms with Crippen molar-refractivity contribution in [2.24, 2.45) is 5.73 Å². The molecule has 1 aliphatic heterocycles. The van der Waals surface area contributed by atoms with E-state index in [-0.39, 0.29) is 0 Å². The number of alkyl halides is 3. The zero-order chi connectivity index (χ0) is 15.6. The molecule has 2 N–H and O–H groups in total. The van der Waals surface area contributed by atoms with E-state index in [2.05, 4.69) is 11.8 Å². The van der Waals surface area contributed by atoms with Gasteiger partial charge in [-0.25, -0.2) is 0 Å². The molecule has 1 aliphatic rings. The van der Waals surface area contributed by atoms with Crippen LogP contribution in [0, 0.1) is 0 Å². The summed E-state index contributed by atoms with van der Waals surface area (Å²) in [6, 6.07) is 3.70. The lowest BCUT2D eigenvalue weighted by Crippen LogP contribution is -2.46. The highest BCUT2D eigenvalue weighted by Gasteiger charge is 2.35. The summed E-state index contributed by atoms with van der Waals surface area (Å²) < 4.78 is 39.1. The minimum atomic E-state index is -4.59. The van der Waals surface area contributed by atoms with E-state index >= 15 is 0 Å². The van der Waals surface area contributed by atoms with Crippen LogP contribution in [0.4, 0.5) is 18.9 Å². The quantitative estimate of drug-likeness (QED) is 0.928. The fraction of sp³-hybridized carbons (Fsp3) is 0.500. The molecule has 0 saturated carbocycles. The van der Waals surface area contributed by atoms with E-state index in [4.69, 9.17) is 5.73 Å². The first-order chi connectivity index (χ1) is 9.82. The first-order valence-corrected chi connectivity index (χ1v) is 6.81. The molecule has 0 aliphatic carbocycles. The summed E-state index contributed by atoms with van der Waals surface area (Å²) in [5, 5.41) is 0. The standard InChI is InChI=1S/C14H18F3N3O/c1-2-19-5-7-20(8-6-19)10-3-4-11(13(18)21)12(9-10)14(15,16)17/h3-4,9H,2,5-8H2,1H3,(H2,18,21). The zero-order valence-corrected chi connectivity index (χ0v) is 11.8. The Hall–Kier alpha value is -1.76. The van der Waals surface area contributed by atoms with Gasteiger partial charge in [-0.1, -0.05) is 6.92 Å². The topological polar surface area (TPSA) is 49.6 Å². The van der Waals surface area contributed by atoms with Gasteiger partial charge in [-0.3, -0.25) is 4.79 Å². The van der Waals surface area contributed by atoms with Crippen molar-refractivity contribution in [3.63, 3.8) is 0 Å². The molecule has 4 nitrogen and oxygen atoms in total. The Kier molecular flexibility index (Phi) is 4.41. The normalized spacial score (nSPS) is 17.0. The van der Waals surface area contributed by atoms with E-state index < -0.39 is 23.2 Å². The average molecular weight is 301 g/mol. The van der Waals surface area contributed by atoms with E-state index in [0.717, 1.165) is 31.8 Å². The SMILES string of the molecule is CCN1CCN(c2ccc(C(N)=O)c(C(F)(F)F)c2)CC1. The molecular formula is C14H18F3N3O. The second-order valence-corrected chi connectivity index (χ2v) is 5.01. The van der Waals surface area contributed by atoms with Gasteiger partial charge in [-0.15, -0.1) is 0 Å². The van der Waals surface area contributed by atoms with Crippen LogP contribution in [0.5, 0.6) is 0 Å². The maximum Gasteiger partial charge on any atom is 0.417 e. The van der Waals surface area contributed by atoms with Gasteiger partial charge in [0.1, 0.15) is 0 Å². The smallest absolute Gasteiger partial charge is 0.369 e. The number of anilines is 1. The van der Waals surface area contributed by atoms with Crippen molar-refractivity contribution >= 4 is 11.6 Å². The van der Waals surface area contributed by atoms with Crippen molar-refractivity contribution in [2.75, 3.05) is 37.6 Å². The van der Waals surface area contributed by atoms with Gasteiger partial charge in [0.05, 0.1) is 11.1 Å². The largest absolute Gasteiger partial charge is 0.417 e. The summed E-state index contributed by atoms with van der Waals surface area (Å²) >= 11 is 0. The molecule has 0 bridgehead atoms. The number of carbonyl (C=O) groups is 1. The monoisotopic (exact) mass is 301 g/mol. The average Bonchev–Trinajstić information content (AvgIpc) is 2.45. The minimum Gasteiger partial charge on any atom is -0.369 e. The van der Waals surface area contributed by atoms with Crippen molar-refractivity contribution in [3.05, 3.63) is 29.3 Å². The van der Waals surface area contributed by atoms with Crippen molar-refractivity contribution in [1.29, 1.82) is 0 Å². The molecule has 1 heterocycles. The van der Waals surface area contributed by atoms with E-state index in [9.17, 15) is 18.0 Å². The molecule has 0 unspecified atom stereocenters. The van der Waals surface area contributed by atoms with Gasteiger partial charge in [-0.05, 0) is 24.7 Å². The molecule has 2 rings (SSSR count). The van der Waals surface area contributed by atoms with Crippen LogP contribution in [0.1, 0.15) is 22.8 Å². The molecular weight excluding hydrogens is 283 g/mol. The number of nitrogens with two attached hydrogens (primary N) is 1. The van der Waals surface area contributed by atoms with Gasteiger partial charge in [0.2, 0.25) is 5.91 Å². The molecule has 0 aromatic heterocycles. The molecule has 21 heavy (non-hydrogen) atoms. The van der Waals surface area contributed by atoms with Crippen LogP contribution in [0.3, 0.4) is 0 Å². The molecule has 1 fully saturated rings. The maximum absolute atomic E-state index is 13.0. The minimum absolute atomic E-state index is 0.475. The number of hydrogen-bond donors (Lipinski definition) is 1. The summed E-state index contributed by atoms with van der Waals surface area (Å²) in [6.07, 6.45) is -4.59. The Morgan fingerprint density at radius 1 is 1.24 bits per heavy atom. The van der Waals surface area contributed by atoms with Gasteiger partial charge in [0.25, 0.3) is 0 Å². The Labute approximate surface area is 121 Å². The van der Waals surface area contributed by atoms with Crippen LogP contribution in [0.15, 0.2) is 18.2 Å². The summed E-state index contributed by atoms with van der Waals surface area (Å²) in [4.78, 5) is 15.3. The Morgan fingerprint density at radius 3 is 2.33 bits per heavy atom. The van der Waals surface area contributed by atoms with Crippen molar-refractivity contribution in [3.8, 4) is 0 Å². The van der Waals surface area contributed by atoms with Gasteiger partial charge >= 0.3 is 6.18 Å². The summed E-state index contributed by atoms with van der Waals surface area (Å²) in [7, 11) is 0. The number of piperazine rings is 1. The van der Waals surface area contributed by atoms with Crippen molar-refractivity contribution in [1.82, 2.24) is 4.90 Å². The van der Waals surface area contributed by atoms with Gasteiger partial charge in [0, 0.05) is 31.9 Å². The maximum atomic E-state index is 13.0. The molecule has 7 heteroatoms. The summed E-state index contributed by atoms with van der Waals surface area (Å²) in [5.41, 5.74) is 4.04. The Bertz CT molecular complexity index is 523. The van der Waals surface area contributed by atoms with Crippen molar-refractivity contribution in [2.45, 2.75) is 13.1 Å². The molecule has 1 saturated heterocycles. The first-order valence-electron chi connectivity index (χ1n) is 6.81. The molecule has 1 aromatic carbocycles. The van der Waals surface area contributed by atoms with Gasteiger partial charge in [0.15, 0.2) is 0 Å². The zero-order valence-electron chi connectivity index (χ0n) is 11.8. The lowest BCUT2D eigenvalue weighted by Gasteiger charge is -2.35. The predicted molar refractivity (Wildman–Crippen MR) is 74.3 cm³/mol. The predicted octanol–water partition coefficient (Wildman–Crippen LogP) is 1.95. The number of carbonyl (C=O) groups excluding carboxylic acids is 1. The number of hydrogen-bond acceptors (Lipinski definition) is 3. The van der Waals surface area contributed by atoms with Crippen LogP contribution in [-0.2, 0) is 6.18 Å². The highest BCUT2D eigenvalue weighted by Crippen LogP contribution is 2.34. The Balaban J connectivity index is 2.28.